The molecule has 0 aliphatic carbocycles. The molecule has 6 heteroatoms. The van der Waals surface area contributed by atoms with Crippen molar-refractivity contribution in [1.29, 1.82) is 0 Å². The molecule has 0 saturated heterocycles. The topological polar surface area (TPSA) is 47.2 Å². The van der Waals surface area contributed by atoms with Crippen molar-refractivity contribution in [2.45, 2.75) is 19.8 Å². The molecule has 0 radical (unpaired) electrons. The van der Waals surface area contributed by atoms with Gasteiger partial charge in [0.25, 0.3) is 0 Å². The summed E-state index contributed by atoms with van der Waals surface area (Å²) >= 11 is 0. The van der Waals surface area contributed by atoms with Crippen LogP contribution in [0.3, 0.4) is 0 Å². The second-order valence-corrected chi connectivity index (χ2v) is 10.6. The average molecular weight is 410 g/mol. The Bertz CT molecular complexity index is 1350. The highest BCUT2D eigenvalue weighted by molar-refractivity contribution is 7.92. The molecule has 2 heterocycles. The Kier molecular flexibility index (Phi) is 4.69. The van der Waals surface area contributed by atoms with Crippen LogP contribution in [-0.4, -0.2) is 26.3 Å². The number of halogens is 1. The van der Waals surface area contributed by atoms with Gasteiger partial charge in [-0.3, -0.25) is 0 Å². The number of aromatic nitrogens is 2. The van der Waals surface area contributed by atoms with Crippen LogP contribution >= 0.6 is 0 Å². The van der Waals surface area contributed by atoms with Gasteiger partial charge in [0.05, 0.1) is 5.69 Å². The molecule has 0 aliphatic rings. The predicted molar refractivity (Wildman–Crippen MR) is 120 cm³/mol. The predicted octanol–water partition coefficient (Wildman–Crippen LogP) is 6.02. The Morgan fingerprint density at radius 3 is 2.38 bits per heavy atom. The van der Waals surface area contributed by atoms with Crippen LogP contribution in [0, 0.1) is 5.82 Å². The summed E-state index contributed by atoms with van der Waals surface area (Å²) in [6.45, 7) is 4.14. The minimum atomic E-state index is -2.39. The van der Waals surface area contributed by atoms with Gasteiger partial charge in [0, 0.05) is 57.3 Å². The highest BCUT2D eigenvalue weighted by atomic mass is 32.2. The van der Waals surface area contributed by atoms with Gasteiger partial charge in [-0.2, -0.15) is 4.36 Å². The first-order valence-corrected chi connectivity index (χ1v) is 11.8. The molecule has 2 aromatic heterocycles. The fourth-order valence-electron chi connectivity index (χ4n) is 3.69. The quantitative estimate of drug-likeness (QED) is 0.416. The smallest absolute Gasteiger partial charge is 0.169 e. The second-order valence-electron chi connectivity index (χ2n) is 8.01. The van der Waals surface area contributed by atoms with Gasteiger partial charge < -0.3 is 4.57 Å². The number of fused-ring (bicyclic) bond motifs is 2. The highest BCUT2D eigenvalue weighted by Crippen LogP contribution is 2.40. The summed E-state index contributed by atoms with van der Waals surface area (Å²) in [5.41, 5.74) is 3.79. The molecule has 4 rings (SSSR count). The molecule has 4 aromatic rings. The van der Waals surface area contributed by atoms with Gasteiger partial charge in [0.15, 0.2) is 5.82 Å². The third-order valence-electron chi connectivity index (χ3n) is 5.00. The molecule has 0 amide bonds. The molecule has 0 atom stereocenters. The highest BCUT2D eigenvalue weighted by Gasteiger charge is 2.19. The summed E-state index contributed by atoms with van der Waals surface area (Å²) in [6, 6.07) is 12.8. The van der Waals surface area contributed by atoms with Crippen molar-refractivity contribution in [2.24, 2.45) is 11.4 Å². The minimum absolute atomic E-state index is 0.115. The zero-order chi connectivity index (χ0) is 20.9. The Hall–Kier alpha value is -2.73. The summed E-state index contributed by atoms with van der Waals surface area (Å²) in [6.07, 6.45) is 5.24. The molecule has 0 fully saturated rings. The number of rotatable bonds is 3. The SMILES string of the molecule is CC(C)c1nc(N=S(C)(C)=O)c2cc3c(ccn3C)cc2c1-c1ccc(F)cc1. The van der Waals surface area contributed by atoms with E-state index in [0.717, 1.165) is 38.5 Å². The summed E-state index contributed by atoms with van der Waals surface area (Å²) in [5, 5.41) is 2.93. The molecule has 0 spiro atoms. The van der Waals surface area contributed by atoms with Crippen molar-refractivity contribution in [1.82, 2.24) is 9.55 Å². The Balaban J connectivity index is 2.22. The Labute approximate surface area is 170 Å². The van der Waals surface area contributed by atoms with Crippen LogP contribution < -0.4 is 0 Å². The van der Waals surface area contributed by atoms with Crippen LogP contribution in [0.4, 0.5) is 10.2 Å². The van der Waals surface area contributed by atoms with Gasteiger partial charge >= 0.3 is 0 Å². The van der Waals surface area contributed by atoms with Gasteiger partial charge in [0.2, 0.25) is 0 Å². The van der Waals surface area contributed by atoms with Gasteiger partial charge in [-0.05, 0) is 47.2 Å². The number of benzene rings is 2. The summed E-state index contributed by atoms with van der Waals surface area (Å²) in [4.78, 5) is 4.86. The van der Waals surface area contributed by atoms with Crippen molar-refractivity contribution < 1.29 is 8.60 Å². The minimum Gasteiger partial charge on any atom is -0.351 e. The maximum absolute atomic E-state index is 13.6. The maximum Gasteiger partial charge on any atom is 0.169 e. The zero-order valence-corrected chi connectivity index (χ0v) is 18.0. The normalized spacial score (nSPS) is 12.2. The van der Waals surface area contributed by atoms with E-state index in [1.807, 2.05) is 17.8 Å². The molecule has 0 N–H and O–H groups in total. The molecule has 2 aromatic carbocycles. The van der Waals surface area contributed by atoms with Gasteiger partial charge in [0.1, 0.15) is 5.82 Å². The first-order chi connectivity index (χ1) is 13.6. The largest absolute Gasteiger partial charge is 0.351 e. The third-order valence-corrected chi connectivity index (χ3v) is 5.62. The molecular formula is C23H24FN3OS. The number of nitrogens with zero attached hydrogens (tertiary/aromatic N) is 3. The number of aryl methyl sites for hydroxylation is 1. The lowest BCUT2D eigenvalue weighted by Crippen LogP contribution is -2.01. The summed E-state index contributed by atoms with van der Waals surface area (Å²) in [7, 11) is -0.397. The van der Waals surface area contributed by atoms with Crippen molar-refractivity contribution in [3.05, 3.63) is 60.2 Å². The van der Waals surface area contributed by atoms with Crippen LogP contribution in [0.15, 0.2) is 53.0 Å². The molecule has 0 saturated carbocycles. The molecule has 0 unspecified atom stereocenters. The van der Waals surface area contributed by atoms with Gasteiger partial charge in [-0.15, -0.1) is 0 Å². The van der Waals surface area contributed by atoms with Gasteiger partial charge in [-0.1, -0.05) is 26.0 Å². The Morgan fingerprint density at radius 2 is 1.76 bits per heavy atom. The summed E-state index contributed by atoms with van der Waals surface area (Å²) in [5.74, 6) is 0.336. The van der Waals surface area contributed by atoms with E-state index >= 15 is 0 Å². The molecule has 4 nitrogen and oxygen atoms in total. The number of hydrogen-bond acceptors (Lipinski definition) is 3. The lowest BCUT2D eigenvalue weighted by molar-refractivity contribution is 0.628. The van der Waals surface area contributed by atoms with Crippen molar-refractivity contribution in [3.63, 3.8) is 0 Å². The van der Waals surface area contributed by atoms with Crippen LogP contribution in [0.25, 0.3) is 32.8 Å². The van der Waals surface area contributed by atoms with E-state index in [1.165, 1.54) is 12.1 Å². The maximum atomic E-state index is 13.6. The van der Waals surface area contributed by atoms with E-state index in [9.17, 15) is 8.60 Å². The monoisotopic (exact) mass is 409 g/mol. The third kappa shape index (κ3) is 3.65. The van der Waals surface area contributed by atoms with Crippen molar-refractivity contribution in [3.8, 4) is 11.1 Å². The first-order valence-electron chi connectivity index (χ1n) is 9.50. The fraction of sp³-hybridized carbons (Fsp3) is 0.261. The molecule has 29 heavy (non-hydrogen) atoms. The van der Waals surface area contributed by atoms with E-state index < -0.39 is 9.73 Å². The molecular weight excluding hydrogens is 385 g/mol. The van der Waals surface area contributed by atoms with Gasteiger partial charge in [-0.25, -0.2) is 13.6 Å². The average Bonchev–Trinajstić information content (AvgIpc) is 3.00. The van der Waals surface area contributed by atoms with Crippen LogP contribution in [-0.2, 0) is 16.8 Å². The van der Waals surface area contributed by atoms with Crippen LogP contribution in [0.5, 0.6) is 0 Å². The lowest BCUT2D eigenvalue weighted by Gasteiger charge is -2.17. The van der Waals surface area contributed by atoms with Crippen LogP contribution in [0.2, 0.25) is 0 Å². The van der Waals surface area contributed by atoms with Crippen molar-refractivity contribution >= 4 is 37.2 Å². The van der Waals surface area contributed by atoms with Crippen molar-refractivity contribution in [2.75, 3.05) is 12.5 Å². The molecule has 0 aliphatic heterocycles. The number of hydrogen-bond donors (Lipinski definition) is 0. The van der Waals surface area contributed by atoms with E-state index in [2.05, 4.69) is 36.4 Å². The van der Waals surface area contributed by atoms with E-state index in [1.54, 1.807) is 24.6 Å². The lowest BCUT2D eigenvalue weighted by atomic mass is 9.92. The van der Waals surface area contributed by atoms with E-state index in [4.69, 9.17) is 4.98 Å². The Morgan fingerprint density at radius 1 is 1.07 bits per heavy atom. The number of pyridine rings is 1. The molecule has 0 bridgehead atoms. The molecule has 150 valence electrons. The van der Waals surface area contributed by atoms with E-state index in [-0.39, 0.29) is 11.7 Å². The van der Waals surface area contributed by atoms with E-state index in [0.29, 0.717) is 5.82 Å². The standard InChI is InChI=1S/C23H24FN3OS/c1-14(2)22-21(15-6-8-17(24)9-7-15)18-12-16-10-11-27(3)20(16)13-19(18)23(25-22)26-29(4,5)28/h6-14H,1-5H3. The fourth-order valence-corrected chi connectivity index (χ4v) is 4.25. The first kappa shape index (κ1) is 19.6. The zero-order valence-electron chi connectivity index (χ0n) is 17.2. The second kappa shape index (κ2) is 6.95. The van der Waals surface area contributed by atoms with Crippen LogP contribution in [0.1, 0.15) is 25.5 Å². The summed E-state index contributed by atoms with van der Waals surface area (Å²) < 4.78 is 32.6.